The highest BCUT2D eigenvalue weighted by molar-refractivity contribution is 7.99. The van der Waals surface area contributed by atoms with Crippen molar-refractivity contribution in [1.82, 2.24) is 0 Å². The van der Waals surface area contributed by atoms with Gasteiger partial charge in [0.1, 0.15) is 0 Å². The van der Waals surface area contributed by atoms with Crippen molar-refractivity contribution in [3.8, 4) is 0 Å². The Hall–Kier alpha value is -0.470. The van der Waals surface area contributed by atoms with E-state index in [9.17, 15) is 5.11 Å². The van der Waals surface area contributed by atoms with E-state index in [0.717, 1.165) is 12.2 Å². The summed E-state index contributed by atoms with van der Waals surface area (Å²) in [7, 11) is 0. The Labute approximate surface area is 70.4 Å². The molecule has 0 saturated heterocycles. The molecule has 0 bridgehead atoms. The molecular weight excluding hydrogens is 156 g/mol. The van der Waals surface area contributed by atoms with E-state index in [-0.39, 0.29) is 6.10 Å². The van der Waals surface area contributed by atoms with Gasteiger partial charge in [-0.15, -0.1) is 11.8 Å². The Morgan fingerprint density at radius 1 is 1.36 bits per heavy atom. The van der Waals surface area contributed by atoms with Crippen LogP contribution in [0.1, 0.15) is 5.56 Å². The van der Waals surface area contributed by atoms with Gasteiger partial charge >= 0.3 is 0 Å². The molecule has 2 rings (SSSR count). The first-order valence-electron chi connectivity index (χ1n) is 3.75. The number of fused-ring (bicyclic) bond motifs is 1. The molecule has 2 heteroatoms. The Morgan fingerprint density at radius 3 is 3.09 bits per heavy atom. The molecule has 1 N–H and O–H groups in total. The van der Waals surface area contributed by atoms with Crippen molar-refractivity contribution in [1.29, 1.82) is 0 Å². The lowest BCUT2D eigenvalue weighted by Gasteiger charge is -2.19. The number of thioether (sulfide) groups is 1. The quantitative estimate of drug-likeness (QED) is 0.633. The lowest BCUT2D eigenvalue weighted by molar-refractivity contribution is 0.197. The summed E-state index contributed by atoms with van der Waals surface area (Å²) < 4.78 is 0. The fourth-order valence-corrected chi connectivity index (χ4v) is 2.31. The predicted molar refractivity (Wildman–Crippen MR) is 46.9 cm³/mol. The van der Waals surface area contributed by atoms with Crippen LogP contribution >= 0.6 is 11.8 Å². The monoisotopic (exact) mass is 166 g/mol. The molecule has 1 unspecified atom stereocenters. The number of rotatable bonds is 0. The first-order chi connectivity index (χ1) is 5.36. The van der Waals surface area contributed by atoms with E-state index < -0.39 is 0 Å². The van der Waals surface area contributed by atoms with E-state index in [1.165, 1.54) is 10.5 Å². The zero-order chi connectivity index (χ0) is 7.68. The van der Waals surface area contributed by atoms with Crippen LogP contribution in [0.3, 0.4) is 0 Å². The van der Waals surface area contributed by atoms with Crippen LogP contribution in [0.15, 0.2) is 29.2 Å². The van der Waals surface area contributed by atoms with Crippen LogP contribution in [0.5, 0.6) is 0 Å². The van der Waals surface area contributed by atoms with Gasteiger partial charge in [-0.1, -0.05) is 18.2 Å². The van der Waals surface area contributed by atoms with Gasteiger partial charge in [-0.05, 0) is 11.6 Å². The fraction of sp³-hybridized carbons (Fsp3) is 0.333. The predicted octanol–water partition coefficient (Wildman–Crippen LogP) is 1.70. The van der Waals surface area contributed by atoms with Crippen LogP contribution in [-0.2, 0) is 6.42 Å². The minimum Gasteiger partial charge on any atom is -0.392 e. The molecule has 1 aromatic rings. The van der Waals surface area contributed by atoms with Crippen LogP contribution < -0.4 is 0 Å². The molecule has 0 aromatic heterocycles. The maximum atomic E-state index is 9.34. The van der Waals surface area contributed by atoms with Gasteiger partial charge in [0.2, 0.25) is 0 Å². The Bertz CT molecular complexity index is 259. The average molecular weight is 166 g/mol. The molecule has 1 heterocycles. The molecule has 1 atom stereocenters. The molecule has 1 aromatic carbocycles. The van der Waals surface area contributed by atoms with Crippen molar-refractivity contribution >= 4 is 11.8 Å². The smallest absolute Gasteiger partial charge is 0.0674 e. The van der Waals surface area contributed by atoms with Crippen molar-refractivity contribution in [2.45, 2.75) is 17.4 Å². The van der Waals surface area contributed by atoms with Crippen LogP contribution in [0.2, 0.25) is 0 Å². The largest absolute Gasteiger partial charge is 0.392 e. The van der Waals surface area contributed by atoms with Gasteiger partial charge in [0.15, 0.2) is 0 Å². The van der Waals surface area contributed by atoms with Crippen molar-refractivity contribution in [3.05, 3.63) is 29.8 Å². The summed E-state index contributed by atoms with van der Waals surface area (Å²) in [5.74, 6) is 0.844. The molecule has 58 valence electrons. The van der Waals surface area contributed by atoms with Crippen LogP contribution in [0.4, 0.5) is 0 Å². The van der Waals surface area contributed by atoms with Crippen molar-refractivity contribution in [2.75, 3.05) is 5.75 Å². The number of aliphatic hydroxyl groups excluding tert-OH is 1. The topological polar surface area (TPSA) is 20.2 Å². The van der Waals surface area contributed by atoms with Gasteiger partial charge in [0.05, 0.1) is 6.10 Å². The third-order valence-electron chi connectivity index (χ3n) is 1.86. The maximum absolute atomic E-state index is 9.34. The van der Waals surface area contributed by atoms with Crippen molar-refractivity contribution < 1.29 is 5.11 Å². The minimum atomic E-state index is -0.144. The van der Waals surface area contributed by atoms with Crippen LogP contribution in [0.25, 0.3) is 0 Å². The molecule has 1 aliphatic heterocycles. The third kappa shape index (κ3) is 1.42. The minimum absolute atomic E-state index is 0.144. The maximum Gasteiger partial charge on any atom is 0.0674 e. The second kappa shape index (κ2) is 2.88. The van der Waals surface area contributed by atoms with E-state index in [1.54, 1.807) is 11.8 Å². The molecule has 0 amide bonds. The highest BCUT2D eigenvalue weighted by Crippen LogP contribution is 2.29. The first kappa shape index (κ1) is 7.19. The van der Waals surface area contributed by atoms with Gasteiger partial charge in [-0.25, -0.2) is 0 Å². The highest BCUT2D eigenvalue weighted by Gasteiger charge is 2.15. The number of hydrogen-bond donors (Lipinski definition) is 1. The normalized spacial score (nSPS) is 22.8. The van der Waals surface area contributed by atoms with Crippen LogP contribution in [0, 0.1) is 0 Å². The number of aliphatic hydroxyl groups is 1. The molecule has 1 nitrogen and oxygen atoms in total. The summed E-state index contributed by atoms with van der Waals surface area (Å²) in [6.07, 6.45) is 0.679. The zero-order valence-corrected chi connectivity index (χ0v) is 6.97. The second-order valence-corrected chi connectivity index (χ2v) is 3.84. The lowest BCUT2D eigenvalue weighted by Crippen LogP contribution is -2.17. The highest BCUT2D eigenvalue weighted by atomic mass is 32.2. The molecule has 1 aliphatic rings. The summed E-state index contributed by atoms with van der Waals surface area (Å²) in [6.45, 7) is 0. The van der Waals surface area contributed by atoms with E-state index in [1.807, 2.05) is 12.1 Å². The number of hydrogen-bond acceptors (Lipinski definition) is 2. The molecular formula is C9H10OS. The van der Waals surface area contributed by atoms with Gasteiger partial charge in [0, 0.05) is 17.1 Å². The SMILES string of the molecule is OC1CSc2ccccc2C1. The summed E-state index contributed by atoms with van der Waals surface area (Å²) in [5, 5.41) is 9.34. The molecule has 0 aliphatic carbocycles. The fourth-order valence-electron chi connectivity index (χ4n) is 1.31. The third-order valence-corrected chi connectivity index (χ3v) is 3.12. The Kier molecular flexibility index (Phi) is 1.88. The van der Waals surface area contributed by atoms with Crippen LogP contribution in [-0.4, -0.2) is 17.0 Å². The summed E-state index contributed by atoms with van der Waals surface area (Å²) in [5.41, 5.74) is 1.29. The molecule has 0 spiro atoms. The standard InChI is InChI=1S/C9H10OS/c10-8-5-7-3-1-2-4-9(7)11-6-8/h1-4,8,10H,5-6H2. The summed E-state index contributed by atoms with van der Waals surface area (Å²) in [4.78, 5) is 1.33. The number of benzene rings is 1. The molecule has 0 saturated carbocycles. The van der Waals surface area contributed by atoms with E-state index in [2.05, 4.69) is 12.1 Å². The first-order valence-corrected chi connectivity index (χ1v) is 4.73. The molecule has 0 radical (unpaired) electrons. The van der Waals surface area contributed by atoms with Crippen molar-refractivity contribution in [2.24, 2.45) is 0 Å². The van der Waals surface area contributed by atoms with Gasteiger partial charge in [0.25, 0.3) is 0 Å². The molecule has 11 heavy (non-hydrogen) atoms. The lowest BCUT2D eigenvalue weighted by atomic mass is 10.1. The second-order valence-electron chi connectivity index (χ2n) is 2.78. The van der Waals surface area contributed by atoms with E-state index in [0.29, 0.717) is 0 Å². The van der Waals surface area contributed by atoms with Crippen molar-refractivity contribution in [3.63, 3.8) is 0 Å². The van der Waals surface area contributed by atoms with Gasteiger partial charge < -0.3 is 5.11 Å². The Balaban J connectivity index is 2.34. The van der Waals surface area contributed by atoms with Gasteiger partial charge in [-0.2, -0.15) is 0 Å². The summed E-state index contributed by atoms with van der Waals surface area (Å²) >= 11 is 1.75. The molecule has 0 fully saturated rings. The zero-order valence-electron chi connectivity index (χ0n) is 6.16. The van der Waals surface area contributed by atoms with Gasteiger partial charge in [-0.3, -0.25) is 0 Å². The summed E-state index contributed by atoms with van der Waals surface area (Å²) in [6, 6.07) is 8.28. The Morgan fingerprint density at radius 2 is 2.18 bits per heavy atom. The van der Waals surface area contributed by atoms with E-state index >= 15 is 0 Å². The average Bonchev–Trinajstić information content (AvgIpc) is 2.04. The van der Waals surface area contributed by atoms with E-state index in [4.69, 9.17) is 0 Å².